The molecule has 1 aliphatic rings. The van der Waals surface area contributed by atoms with Crippen LogP contribution in [0.5, 0.6) is 0 Å². The van der Waals surface area contributed by atoms with Gasteiger partial charge in [-0.15, -0.1) is 5.10 Å². The second-order valence-corrected chi connectivity index (χ2v) is 6.71. The molecule has 0 radical (unpaired) electrons. The van der Waals surface area contributed by atoms with Crippen molar-refractivity contribution < 1.29 is 22.7 Å². The van der Waals surface area contributed by atoms with Crippen LogP contribution in [0, 0.1) is 0 Å². The summed E-state index contributed by atoms with van der Waals surface area (Å²) in [6.45, 7) is 3.94. The molecule has 3 rings (SSSR count). The zero-order valence-electron chi connectivity index (χ0n) is 15.9. The van der Waals surface area contributed by atoms with Crippen LogP contribution in [0.2, 0.25) is 0 Å². The maximum absolute atomic E-state index is 13.0. The number of aromatic nitrogens is 4. The van der Waals surface area contributed by atoms with Crippen molar-refractivity contribution in [2.24, 2.45) is 0 Å². The number of aryl methyl sites for hydroxylation is 1. The molecule has 1 N–H and O–H groups in total. The number of rotatable bonds is 8. The molecular formula is C18H23F3N6O2. The van der Waals surface area contributed by atoms with Gasteiger partial charge in [-0.1, -0.05) is 18.2 Å². The molecule has 11 heteroatoms. The van der Waals surface area contributed by atoms with Crippen molar-refractivity contribution in [3.05, 3.63) is 41.2 Å². The number of carbonyl (C=O) groups is 1. The summed E-state index contributed by atoms with van der Waals surface area (Å²) >= 11 is 0. The van der Waals surface area contributed by atoms with E-state index in [-0.39, 0.29) is 30.9 Å². The number of nitrogens with zero attached hydrogens (tertiary/aromatic N) is 5. The van der Waals surface area contributed by atoms with Gasteiger partial charge in [-0.25, -0.2) is 4.68 Å². The monoisotopic (exact) mass is 412 g/mol. The Kier molecular flexibility index (Phi) is 7.15. The molecule has 0 atom stereocenters. The average molecular weight is 412 g/mol. The van der Waals surface area contributed by atoms with E-state index in [4.69, 9.17) is 4.74 Å². The number of benzene rings is 1. The first-order valence-corrected chi connectivity index (χ1v) is 9.40. The topological polar surface area (TPSA) is 85.2 Å². The van der Waals surface area contributed by atoms with Crippen LogP contribution in [0.25, 0.3) is 0 Å². The molecule has 29 heavy (non-hydrogen) atoms. The third kappa shape index (κ3) is 6.23. The second kappa shape index (κ2) is 9.79. The Bertz CT molecular complexity index is 805. The molecule has 1 aromatic heterocycles. The van der Waals surface area contributed by atoms with Crippen LogP contribution in [0.15, 0.2) is 24.3 Å². The van der Waals surface area contributed by atoms with E-state index in [0.29, 0.717) is 32.1 Å². The van der Waals surface area contributed by atoms with Crippen molar-refractivity contribution in [3.63, 3.8) is 0 Å². The van der Waals surface area contributed by atoms with Crippen molar-refractivity contribution in [2.45, 2.75) is 32.1 Å². The molecule has 2 aromatic rings. The molecule has 0 bridgehead atoms. The summed E-state index contributed by atoms with van der Waals surface area (Å²) in [6, 6.07) is 5.38. The molecule has 2 heterocycles. The van der Waals surface area contributed by atoms with Crippen LogP contribution in [-0.4, -0.2) is 63.9 Å². The summed E-state index contributed by atoms with van der Waals surface area (Å²) in [6.07, 6.45) is -4.16. The summed E-state index contributed by atoms with van der Waals surface area (Å²) in [7, 11) is 0. The van der Waals surface area contributed by atoms with Crippen LogP contribution in [0.3, 0.4) is 0 Å². The highest BCUT2D eigenvalue weighted by Crippen LogP contribution is 2.31. The van der Waals surface area contributed by atoms with Crippen molar-refractivity contribution in [3.8, 4) is 0 Å². The molecule has 1 fully saturated rings. The molecule has 0 saturated carbocycles. The van der Waals surface area contributed by atoms with Gasteiger partial charge < -0.3 is 10.1 Å². The first-order chi connectivity index (χ1) is 13.9. The average Bonchev–Trinajstić information content (AvgIpc) is 3.14. The summed E-state index contributed by atoms with van der Waals surface area (Å²) < 4.78 is 45.9. The van der Waals surface area contributed by atoms with E-state index in [2.05, 4.69) is 25.7 Å². The molecule has 1 aromatic carbocycles. The standard InChI is InChI=1S/C18H23F3N6O2/c19-18(20,21)15-4-2-1-3-14(15)5-7-22-17(28)6-8-27-16(23-24-25-27)13-26-9-11-29-12-10-26/h1-4H,5-13H2,(H,22,28). The fourth-order valence-electron chi connectivity index (χ4n) is 3.12. The minimum atomic E-state index is -4.41. The fourth-order valence-corrected chi connectivity index (χ4v) is 3.12. The SMILES string of the molecule is O=C(CCn1nnnc1CN1CCOCC1)NCCc1ccccc1C(F)(F)F. The van der Waals surface area contributed by atoms with Gasteiger partial charge in [0.25, 0.3) is 0 Å². The molecule has 8 nitrogen and oxygen atoms in total. The number of morpholine rings is 1. The van der Waals surface area contributed by atoms with Crippen molar-refractivity contribution >= 4 is 5.91 Å². The molecular weight excluding hydrogens is 389 g/mol. The number of tetrazole rings is 1. The van der Waals surface area contributed by atoms with Gasteiger partial charge in [0, 0.05) is 26.1 Å². The highest BCUT2D eigenvalue weighted by molar-refractivity contribution is 5.75. The Hall–Kier alpha value is -2.53. The lowest BCUT2D eigenvalue weighted by Crippen LogP contribution is -2.36. The lowest BCUT2D eigenvalue weighted by molar-refractivity contribution is -0.138. The number of amides is 1. The van der Waals surface area contributed by atoms with Gasteiger partial charge >= 0.3 is 6.18 Å². The number of ether oxygens (including phenoxy) is 1. The summed E-state index contributed by atoms with van der Waals surface area (Å²) in [5.41, 5.74) is -0.510. The van der Waals surface area contributed by atoms with E-state index < -0.39 is 11.7 Å². The Balaban J connectivity index is 1.44. The largest absolute Gasteiger partial charge is 0.416 e. The third-order valence-electron chi connectivity index (χ3n) is 4.66. The Labute approximate surface area is 166 Å². The highest BCUT2D eigenvalue weighted by Gasteiger charge is 2.32. The predicted molar refractivity (Wildman–Crippen MR) is 96.7 cm³/mol. The van der Waals surface area contributed by atoms with E-state index in [1.807, 2.05) is 0 Å². The summed E-state index contributed by atoms with van der Waals surface area (Å²) in [4.78, 5) is 14.2. The smallest absolute Gasteiger partial charge is 0.379 e. The molecule has 0 aliphatic carbocycles. The zero-order chi connectivity index (χ0) is 20.7. The van der Waals surface area contributed by atoms with E-state index in [0.717, 1.165) is 19.2 Å². The molecule has 1 amide bonds. The minimum Gasteiger partial charge on any atom is -0.379 e. The molecule has 1 aliphatic heterocycles. The number of hydrogen-bond donors (Lipinski definition) is 1. The zero-order valence-corrected chi connectivity index (χ0v) is 15.9. The van der Waals surface area contributed by atoms with E-state index in [1.54, 1.807) is 10.7 Å². The first kappa shape index (κ1) is 21.2. The molecule has 1 saturated heterocycles. The summed E-state index contributed by atoms with van der Waals surface area (Å²) in [5, 5.41) is 14.2. The van der Waals surface area contributed by atoms with Gasteiger partial charge in [0.15, 0.2) is 5.82 Å². The van der Waals surface area contributed by atoms with Crippen LogP contribution in [0.4, 0.5) is 13.2 Å². The third-order valence-corrected chi connectivity index (χ3v) is 4.66. The first-order valence-electron chi connectivity index (χ1n) is 9.40. The fraction of sp³-hybridized carbons (Fsp3) is 0.556. The van der Waals surface area contributed by atoms with Gasteiger partial charge in [-0.2, -0.15) is 13.2 Å². The number of nitrogens with one attached hydrogen (secondary N) is 1. The quantitative estimate of drug-likeness (QED) is 0.703. The highest BCUT2D eigenvalue weighted by atomic mass is 19.4. The van der Waals surface area contributed by atoms with Crippen molar-refractivity contribution in [1.82, 2.24) is 30.4 Å². The molecule has 0 unspecified atom stereocenters. The van der Waals surface area contributed by atoms with Gasteiger partial charge in [0.2, 0.25) is 5.91 Å². The lowest BCUT2D eigenvalue weighted by Gasteiger charge is -2.25. The van der Waals surface area contributed by atoms with E-state index in [9.17, 15) is 18.0 Å². The van der Waals surface area contributed by atoms with Crippen LogP contribution in [0.1, 0.15) is 23.4 Å². The van der Waals surface area contributed by atoms with Crippen LogP contribution < -0.4 is 5.32 Å². The number of halogens is 3. The second-order valence-electron chi connectivity index (χ2n) is 6.71. The predicted octanol–water partition coefficient (Wildman–Crippen LogP) is 1.27. The van der Waals surface area contributed by atoms with Gasteiger partial charge in [0.05, 0.1) is 31.9 Å². The maximum atomic E-state index is 13.0. The van der Waals surface area contributed by atoms with Gasteiger partial charge in [-0.05, 0) is 28.5 Å². The summed E-state index contributed by atoms with van der Waals surface area (Å²) in [5.74, 6) is 0.404. The number of carbonyl (C=O) groups excluding carboxylic acids is 1. The Morgan fingerprint density at radius 1 is 1.21 bits per heavy atom. The number of alkyl halides is 3. The van der Waals surface area contributed by atoms with Gasteiger partial charge in [-0.3, -0.25) is 9.69 Å². The van der Waals surface area contributed by atoms with Crippen LogP contribution in [-0.2, 0) is 35.2 Å². The van der Waals surface area contributed by atoms with Crippen molar-refractivity contribution in [1.29, 1.82) is 0 Å². The Morgan fingerprint density at radius 2 is 1.97 bits per heavy atom. The Morgan fingerprint density at radius 3 is 2.72 bits per heavy atom. The van der Waals surface area contributed by atoms with E-state index in [1.165, 1.54) is 12.1 Å². The van der Waals surface area contributed by atoms with Crippen molar-refractivity contribution in [2.75, 3.05) is 32.8 Å². The van der Waals surface area contributed by atoms with Crippen LogP contribution >= 0.6 is 0 Å². The lowest BCUT2D eigenvalue weighted by atomic mass is 10.0. The normalized spacial score (nSPS) is 15.4. The molecule has 158 valence electrons. The van der Waals surface area contributed by atoms with Gasteiger partial charge in [0.1, 0.15) is 0 Å². The maximum Gasteiger partial charge on any atom is 0.416 e. The minimum absolute atomic E-state index is 0.106. The van der Waals surface area contributed by atoms with E-state index >= 15 is 0 Å². The molecule has 0 spiro atoms. The number of hydrogen-bond acceptors (Lipinski definition) is 6.